The minimum Gasteiger partial charge on any atom is -0.343 e. The molecule has 0 bridgehead atoms. The van der Waals surface area contributed by atoms with E-state index in [1.54, 1.807) is 56.7 Å². The molecule has 1 aliphatic rings. The third-order valence-corrected chi connectivity index (χ3v) is 6.15. The van der Waals surface area contributed by atoms with Crippen molar-refractivity contribution in [3.05, 3.63) is 95.8 Å². The van der Waals surface area contributed by atoms with Gasteiger partial charge in [-0.25, -0.2) is 18.6 Å². The molecule has 8 nitrogen and oxygen atoms in total. The van der Waals surface area contributed by atoms with Crippen LogP contribution in [0.3, 0.4) is 0 Å². The van der Waals surface area contributed by atoms with E-state index in [0.717, 1.165) is 16.9 Å². The molecule has 0 radical (unpaired) electrons. The Bertz CT molecular complexity index is 1300. The number of anilines is 2. The number of hydrogen-bond donors (Lipinski definition) is 2. The molecule has 3 aromatic rings. The number of aromatic nitrogens is 1. The van der Waals surface area contributed by atoms with E-state index in [0.29, 0.717) is 11.3 Å². The number of carbonyl (C=O) groups excluding carboxylic acids is 2. The number of hydrazine groups is 1. The molecule has 0 saturated carbocycles. The second-order valence-corrected chi connectivity index (χ2v) is 8.65. The Kier molecular flexibility index (Phi) is 7.78. The predicted molar refractivity (Wildman–Crippen MR) is 137 cm³/mol. The fourth-order valence-corrected chi connectivity index (χ4v) is 3.86. The van der Waals surface area contributed by atoms with E-state index in [-0.39, 0.29) is 30.6 Å². The van der Waals surface area contributed by atoms with Crippen LogP contribution in [0.5, 0.6) is 0 Å². The summed E-state index contributed by atoms with van der Waals surface area (Å²) >= 11 is 0. The minimum absolute atomic E-state index is 0.147. The van der Waals surface area contributed by atoms with Gasteiger partial charge in [0.15, 0.2) is 0 Å². The van der Waals surface area contributed by atoms with Gasteiger partial charge in [-0.2, -0.15) is 0 Å². The normalized spacial score (nSPS) is 14.3. The maximum absolute atomic E-state index is 13.6. The summed E-state index contributed by atoms with van der Waals surface area (Å²) < 4.78 is 26.9. The molecule has 0 saturated heterocycles. The molecule has 1 aromatic heterocycles. The van der Waals surface area contributed by atoms with Gasteiger partial charge in [-0.3, -0.25) is 20.1 Å². The number of hydrogen-bond acceptors (Lipinski definition) is 5. The smallest absolute Gasteiger partial charge is 0.343 e. The second kappa shape index (κ2) is 11.2. The van der Waals surface area contributed by atoms with Gasteiger partial charge in [0.2, 0.25) is 0 Å². The molecule has 1 atom stereocenters. The molecule has 0 aliphatic carbocycles. The summed E-state index contributed by atoms with van der Waals surface area (Å²) in [5, 5.41) is 4.09. The van der Waals surface area contributed by atoms with Gasteiger partial charge in [-0.15, -0.1) is 0 Å². The van der Waals surface area contributed by atoms with Gasteiger partial charge < -0.3 is 10.2 Å². The average molecular weight is 507 g/mol. The summed E-state index contributed by atoms with van der Waals surface area (Å²) in [6.07, 6.45) is 5.13. The Morgan fingerprint density at radius 2 is 1.70 bits per heavy atom. The van der Waals surface area contributed by atoms with Crippen LogP contribution in [0, 0.1) is 11.6 Å². The topological polar surface area (TPSA) is 80.8 Å². The van der Waals surface area contributed by atoms with E-state index in [1.165, 1.54) is 34.2 Å². The van der Waals surface area contributed by atoms with Gasteiger partial charge in [0.05, 0.1) is 36.7 Å². The van der Waals surface area contributed by atoms with Crippen molar-refractivity contribution in [2.45, 2.75) is 19.5 Å². The molecule has 37 heavy (non-hydrogen) atoms. The third-order valence-electron chi connectivity index (χ3n) is 6.15. The minimum atomic E-state index is -0.494. The lowest BCUT2D eigenvalue weighted by Crippen LogP contribution is -2.56. The zero-order chi connectivity index (χ0) is 26.5. The number of carbonyl (C=O) groups is 2. The first-order chi connectivity index (χ1) is 17.8. The van der Waals surface area contributed by atoms with E-state index in [4.69, 9.17) is 0 Å². The van der Waals surface area contributed by atoms with Crippen LogP contribution >= 0.6 is 0 Å². The Morgan fingerprint density at radius 1 is 1.05 bits per heavy atom. The molecule has 0 fully saturated rings. The average Bonchev–Trinajstić information content (AvgIpc) is 2.91. The summed E-state index contributed by atoms with van der Waals surface area (Å²) in [7, 11) is 3.49. The van der Waals surface area contributed by atoms with E-state index < -0.39 is 12.1 Å². The first-order valence-corrected chi connectivity index (χ1v) is 11.7. The number of halogens is 2. The fourth-order valence-electron chi connectivity index (χ4n) is 3.86. The van der Waals surface area contributed by atoms with E-state index in [2.05, 4.69) is 15.7 Å². The van der Waals surface area contributed by atoms with Crippen LogP contribution in [-0.4, -0.2) is 53.5 Å². The monoisotopic (exact) mass is 506 g/mol. The zero-order valence-corrected chi connectivity index (χ0v) is 20.8. The molecule has 10 heteroatoms. The lowest BCUT2D eigenvalue weighted by molar-refractivity contribution is -0.126. The van der Waals surface area contributed by atoms with Crippen LogP contribution in [0.4, 0.5) is 25.0 Å². The van der Waals surface area contributed by atoms with Crippen LogP contribution in [-0.2, 0) is 11.3 Å². The number of nitrogens with zero attached hydrogens (tertiary/aromatic N) is 4. The van der Waals surface area contributed by atoms with Gasteiger partial charge in [0.1, 0.15) is 11.6 Å². The Morgan fingerprint density at radius 3 is 2.35 bits per heavy atom. The summed E-state index contributed by atoms with van der Waals surface area (Å²) in [4.78, 5) is 33.7. The van der Waals surface area contributed by atoms with Gasteiger partial charge in [0.25, 0.3) is 5.91 Å². The molecule has 2 N–H and O–H groups in total. The van der Waals surface area contributed by atoms with Crippen molar-refractivity contribution in [1.82, 2.24) is 25.6 Å². The lowest BCUT2D eigenvalue weighted by atomic mass is 10.1. The maximum Gasteiger partial charge on any atom is 0.343 e. The van der Waals surface area contributed by atoms with Gasteiger partial charge in [0, 0.05) is 18.9 Å². The molecular formula is C27H28F2N6O2. The largest absolute Gasteiger partial charge is 0.343 e. The van der Waals surface area contributed by atoms with Crippen molar-refractivity contribution >= 4 is 29.0 Å². The standard InChI is InChI=1S/C27H28F2N6O2/c1-18(30-2)26(36)32-35-13-12-25(20-4-6-21(28)7-5-20)34(27(35)37)17-19-14-24(16-31-15-19)33(3)23-10-8-22(29)9-11-23/h4-12,14-16,18,30H,13,17H2,1-3H3,(H,32,36)/t18-/m0/s1. The van der Waals surface area contributed by atoms with E-state index in [1.807, 2.05) is 18.0 Å². The number of likely N-dealkylation sites (N-methyl/N-ethyl adjacent to an activating group) is 1. The molecule has 2 aromatic carbocycles. The highest BCUT2D eigenvalue weighted by atomic mass is 19.1. The van der Waals surface area contributed by atoms with Gasteiger partial charge in [-0.1, -0.05) is 0 Å². The summed E-state index contributed by atoms with van der Waals surface area (Å²) in [5.41, 5.74) is 6.15. The number of rotatable bonds is 8. The molecule has 192 valence electrons. The molecule has 0 unspecified atom stereocenters. The molecular weight excluding hydrogens is 478 g/mol. The fraction of sp³-hybridized carbons (Fsp3) is 0.222. The Labute approximate surface area is 214 Å². The van der Waals surface area contributed by atoms with Crippen LogP contribution in [0.2, 0.25) is 0 Å². The molecule has 3 amide bonds. The SMILES string of the molecule is CN[C@@H](C)C(=O)NN1CC=C(c2ccc(F)cc2)N(Cc2cncc(N(C)c3ccc(F)cc3)c2)C1=O. The highest BCUT2D eigenvalue weighted by molar-refractivity contribution is 5.90. The van der Waals surface area contributed by atoms with Crippen LogP contribution in [0.25, 0.3) is 5.70 Å². The van der Waals surface area contributed by atoms with Crippen LogP contribution < -0.4 is 15.6 Å². The number of urea groups is 1. The maximum atomic E-state index is 13.6. The van der Waals surface area contributed by atoms with E-state index in [9.17, 15) is 18.4 Å². The van der Waals surface area contributed by atoms with Crippen LogP contribution in [0.1, 0.15) is 18.1 Å². The molecule has 2 heterocycles. The number of pyridine rings is 1. The van der Waals surface area contributed by atoms with Gasteiger partial charge >= 0.3 is 6.03 Å². The van der Waals surface area contributed by atoms with Crippen molar-refractivity contribution in [2.24, 2.45) is 0 Å². The van der Waals surface area contributed by atoms with Gasteiger partial charge in [-0.05, 0) is 85.8 Å². The zero-order valence-electron chi connectivity index (χ0n) is 20.8. The summed E-state index contributed by atoms with van der Waals surface area (Å²) in [6, 6.07) is 12.9. The second-order valence-electron chi connectivity index (χ2n) is 8.65. The molecule has 4 rings (SSSR count). The highest BCUT2D eigenvalue weighted by Gasteiger charge is 2.31. The summed E-state index contributed by atoms with van der Waals surface area (Å²) in [5.74, 6) is -1.05. The number of amides is 3. The third kappa shape index (κ3) is 5.92. The first kappa shape index (κ1) is 25.8. The van der Waals surface area contributed by atoms with Crippen molar-refractivity contribution < 1.29 is 18.4 Å². The highest BCUT2D eigenvalue weighted by Crippen LogP contribution is 2.28. The Balaban J connectivity index is 1.63. The number of nitrogens with one attached hydrogen (secondary N) is 2. The van der Waals surface area contributed by atoms with Crippen molar-refractivity contribution in [3.63, 3.8) is 0 Å². The van der Waals surface area contributed by atoms with Crippen LogP contribution in [0.15, 0.2) is 73.1 Å². The van der Waals surface area contributed by atoms with Crippen molar-refractivity contribution in [1.29, 1.82) is 0 Å². The first-order valence-electron chi connectivity index (χ1n) is 11.7. The van der Waals surface area contributed by atoms with E-state index >= 15 is 0 Å². The number of benzene rings is 2. The summed E-state index contributed by atoms with van der Waals surface area (Å²) in [6.45, 7) is 1.99. The molecule has 1 aliphatic heterocycles. The lowest BCUT2D eigenvalue weighted by Gasteiger charge is -2.36. The van der Waals surface area contributed by atoms with Crippen molar-refractivity contribution in [3.8, 4) is 0 Å². The quantitative estimate of drug-likeness (QED) is 0.482. The predicted octanol–water partition coefficient (Wildman–Crippen LogP) is 4.05. The molecule has 0 spiro atoms. The Hall–Kier alpha value is -4.31. The van der Waals surface area contributed by atoms with Crippen molar-refractivity contribution in [2.75, 3.05) is 25.5 Å².